The zero-order valence-corrected chi connectivity index (χ0v) is 16.4. The van der Waals surface area contributed by atoms with Gasteiger partial charge in [0.2, 0.25) is 5.91 Å². The first-order valence-electron chi connectivity index (χ1n) is 10.1. The van der Waals surface area contributed by atoms with E-state index in [-0.39, 0.29) is 5.91 Å². The number of carbonyl (C=O) groups excluding carboxylic acids is 1. The Morgan fingerprint density at radius 1 is 1.00 bits per heavy atom. The molecule has 0 aliphatic heterocycles. The molecule has 1 N–H and O–H groups in total. The third-order valence-corrected chi connectivity index (χ3v) is 5.75. The number of nitrogens with one attached hydrogen (secondary N) is 1. The van der Waals surface area contributed by atoms with Gasteiger partial charge < -0.3 is 5.32 Å². The van der Waals surface area contributed by atoms with Gasteiger partial charge in [0.15, 0.2) is 0 Å². The third kappa shape index (κ3) is 3.31. The van der Waals surface area contributed by atoms with Crippen LogP contribution in [0.5, 0.6) is 0 Å². The number of pyridine rings is 1. The first-order chi connectivity index (χ1) is 14.2. The Morgan fingerprint density at radius 2 is 1.76 bits per heavy atom. The van der Waals surface area contributed by atoms with Gasteiger partial charge in [-0.2, -0.15) is 0 Å². The lowest BCUT2D eigenvalue weighted by Crippen LogP contribution is -2.08. The van der Waals surface area contributed by atoms with E-state index in [1.165, 1.54) is 31.7 Å². The van der Waals surface area contributed by atoms with Crippen LogP contribution in [0.2, 0.25) is 0 Å². The summed E-state index contributed by atoms with van der Waals surface area (Å²) in [6.45, 7) is 1.51. The highest BCUT2D eigenvalue weighted by molar-refractivity contribution is 5.90. The number of imidazole rings is 1. The summed E-state index contributed by atoms with van der Waals surface area (Å²) in [6, 6.07) is 23.0. The largest absolute Gasteiger partial charge is 0.326 e. The SMILES string of the molecule is CC(=O)Nc1ccn2c(-c3ccccc3)c(-c3ccc(C4CCC4)cc3)nc2c1. The molecule has 0 unspecified atom stereocenters. The van der Waals surface area contributed by atoms with Gasteiger partial charge in [-0.05, 0) is 30.4 Å². The van der Waals surface area contributed by atoms with Crippen molar-refractivity contribution in [2.45, 2.75) is 32.1 Å². The number of carbonyl (C=O) groups is 1. The lowest BCUT2D eigenvalue weighted by molar-refractivity contribution is -0.114. The predicted molar refractivity (Wildman–Crippen MR) is 117 cm³/mol. The van der Waals surface area contributed by atoms with Crippen LogP contribution in [-0.4, -0.2) is 15.3 Å². The van der Waals surface area contributed by atoms with Gasteiger partial charge in [0.05, 0.1) is 11.4 Å². The van der Waals surface area contributed by atoms with Crippen molar-refractivity contribution in [2.24, 2.45) is 0 Å². The van der Waals surface area contributed by atoms with Crippen molar-refractivity contribution in [1.82, 2.24) is 9.38 Å². The van der Waals surface area contributed by atoms with Gasteiger partial charge in [-0.25, -0.2) is 4.98 Å². The highest BCUT2D eigenvalue weighted by Gasteiger charge is 2.20. The fourth-order valence-corrected chi connectivity index (χ4v) is 4.05. The van der Waals surface area contributed by atoms with E-state index in [4.69, 9.17) is 4.98 Å². The minimum atomic E-state index is -0.0870. The lowest BCUT2D eigenvalue weighted by atomic mass is 9.80. The number of anilines is 1. The van der Waals surface area contributed by atoms with Crippen molar-refractivity contribution < 1.29 is 4.79 Å². The molecule has 0 spiro atoms. The van der Waals surface area contributed by atoms with E-state index in [1.54, 1.807) is 0 Å². The van der Waals surface area contributed by atoms with Crippen molar-refractivity contribution in [3.8, 4) is 22.5 Å². The summed E-state index contributed by atoms with van der Waals surface area (Å²) < 4.78 is 2.09. The summed E-state index contributed by atoms with van der Waals surface area (Å²) >= 11 is 0. The van der Waals surface area contributed by atoms with E-state index in [2.05, 4.69) is 46.1 Å². The normalized spacial score (nSPS) is 14.0. The molecular weight excluding hydrogens is 358 g/mol. The van der Waals surface area contributed by atoms with E-state index >= 15 is 0 Å². The van der Waals surface area contributed by atoms with Crippen LogP contribution >= 0.6 is 0 Å². The maximum absolute atomic E-state index is 11.4. The quantitative estimate of drug-likeness (QED) is 0.479. The standard InChI is InChI=1S/C25H23N3O/c1-17(29)26-22-14-15-28-23(16-22)27-24(25(28)21-6-3-2-4-7-21)20-12-10-19(11-13-20)18-8-5-9-18/h2-4,6-7,10-16,18H,5,8-9H2,1H3,(H,26,29). The molecule has 2 aromatic carbocycles. The Balaban J connectivity index is 1.65. The molecule has 29 heavy (non-hydrogen) atoms. The van der Waals surface area contributed by atoms with Gasteiger partial charge in [0, 0.05) is 36.0 Å². The summed E-state index contributed by atoms with van der Waals surface area (Å²) in [7, 11) is 0. The minimum Gasteiger partial charge on any atom is -0.326 e. The van der Waals surface area contributed by atoms with Gasteiger partial charge in [-0.3, -0.25) is 9.20 Å². The summed E-state index contributed by atoms with van der Waals surface area (Å²) in [6.07, 6.45) is 5.92. The molecule has 0 bridgehead atoms. The van der Waals surface area contributed by atoms with Crippen molar-refractivity contribution in [1.29, 1.82) is 0 Å². The molecule has 1 amide bonds. The first-order valence-corrected chi connectivity index (χ1v) is 10.1. The van der Waals surface area contributed by atoms with Gasteiger partial charge in [-0.1, -0.05) is 61.0 Å². The summed E-state index contributed by atoms with van der Waals surface area (Å²) in [4.78, 5) is 16.4. The van der Waals surface area contributed by atoms with E-state index < -0.39 is 0 Å². The van der Waals surface area contributed by atoms with E-state index in [0.717, 1.165) is 39.8 Å². The van der Waals surface area contributed by atoms with Crippen LogP contribution < -0.4 is 5.32 Å². The van der Waals surface area contributed by atoms with E-state index in [9.17, 15) is 4.79 Å². The topological polar surface area (TPSA) is 46.4 Å². The minimum absolute atomic E-state index is 0.0870. The smallest absolute Gasteiger partial charge is 0.221 e. The molecule has 2 aromatic heterocycles. The Bertz CT molecular complexity index is 1170. The monoisotopic (exact) mass is 381 g/mol. The van der Waals surface area contributed by atoms with Gasteiger partial charge in [-0.15, -0.1) is 0 Å². The molecule has 144 valence electrons. The van der Waals surface area contributed by atoms with Crippen LogP contribution in [0.15, 0.2) is 72.9 Å². The molecule has 4 aromatic rings. The summed E-state index contributed by atoms with van der Waals surface area (Å²) in [5, 5.41) is 2.85. The number of amides is 1. The number of aromatic nitrogens is 2. The summed E-state index contributed by atoms with van der Waals surface area (Å²) in [5.74, 6) is 0.634. The van der Waals surface area contributed by atoms with Crippen LogP contribution in [0.3, 0.4) is 0 Å². The number of hydrogen-bond donors (Lipinski definition) is 1. The Labute approximate surface area is 170 Å². The molecule has 1 aliphatic rings. The molecule has 1 fully saturated rings. The average Bonchev–Trinajstić information content (AvgIpc) is 3.06. The molecule has 0 radical (unpaired) electrons. The highest BCUT2D eigenvalue weighted by atomic mass is 16.1. The zero-order chi connectivity index (χ0) is 19.8. The molecule has 0 atom stereocenters. The van der Waals surface area contributed by atoms with Crippen LogP contribution in [0.25, 0.3) is 28.2 Å². The van der Waals surface area contributed by atoms with Crippen molar-refractivity contribution in [3.63, 3.8) is 0 Å². The Hall–Kier alpha value is -3.40. The Kier molecular flexibility index (Phi) is 4.39. The summed E-state index contributed by atoms with van der Waals surface area (Å²) in [5.41, 5.74) is 7.23. The molecular formula is C25H23N3O. The molecule has 0 saturated heterocycles. The van der Waals surface area contributed by atoms with Crippen LogP contribution in [0, 0.1) is 0 Å². The zero-order valence-electron chi connectivity index (χ0n) is 16.4. The molecule has 1 saturated carbocycles. The number of rotatable bonds is 4. The van der Waals surface area contributed by atoms with Crippen LogP contribution in [-0.2, 0) is 4.79 Å². The molecule has 4 nitrogen and oxygen atoms in total. The fourth-order valence-electron chi connectivity index (χ4n) is 4.05. The Morgan fingerprint density at radius 3 is 2.41 bits per heavy atom. The van der Waals surface area contributed by atoms with Crippen molar-refractivity contribution in [2.75, 3.05) is 5.32 Å². The molecule has 4 heteroatoms. The fraction of sp³-hybridized carbons (Fsp3) is 0.200. The van der Waals surface area contributed by atoms with Gasteiger partial charge in [0.25, 0.3) is 0 Å². The van der Waals surface area contributed by atoms with Crippen LogP contribution in [0.1, 0.15) is 37.7 Å². The van der Waals surface area contributed by atoms with Crippen molar-refractivity contribution in [3.05, 3.63) is 78.5 Å². The first kappa shape index (κ1) is 17.7. The lowest BCUT2D eigenvalue weighted by Gasteiger charge is -2.25. The number of hydrogen-bond acceptors (Lipinski definition) is 2. The average molecular weight is 381 g/mol. The maximum Gasteiger partial charge on any atom is 0.221 e. The number of fused-ring (bicyclic) bond motifs is 1. The molecule has 5 rings (SSSR count). The molecule has 2 heterocycles. The second-order valence-electron chi connectivity index (χ2n) is 7.75. The predicted octanol–water partition coefficient (Wildman–Crippen LogP) is 5.89. The number of benzene rings is 2. The van der Waals surface area contributed by atoms with Crippen molar-refractivity contribution >= 4 is 17.2 Å². The second kappa shape index (κ2) is 7.21. The van der Waals surface area contributed by atoms with Gasteiger partial charge >= 0.3 is 0 Å². The highest BCUT2D eigenvalue weighted by Crippen LogP contribution is 2.38. The van der Waals surface area contributed by atoms with E-state index in [0.29, 0.717) is 0 Å². The second-order valence-corrected chi connectivity index (χ2v) is 7.75. The van der Waals surface area contributed by atoms with Gasteiger partial charge in [0.1, 0.15) is 5.65 Å². The molecule has 1 aliphatic carbocycles. The number of nitrogens with zero attached hydrogens (tertiary/aromatic N) is 2. The maximum atomic E-state index is 11.4. The third-order valence-electron chi connectivity index (χ3n) is 5.75. The van der Waals surface area contributed by atoms with E-state index in [1.807, 2.05) is 36.5 Å². The van der Waals surface area contributed by atoms with Crippen LogP contribution in [0.4, 0.5) is 5.69 Å².